The van der Waals surface area contributed by atoms with Gasteiger partial charge in [-0.3, -0.25) is 9.59 Å². The second kappa shape index (κ2) is 10.5. The van der Waals surface area contributed by atoms with Gasteiger partial charge in [-0.2, -0.15) is 13.2 Å². The molecule has 9 heteroatoms. The minimum atomic E-state index is -4.47. The summed E-state index contributed by atoms with van der Waals surface area (Å²) in [7, 11) is 0. The second-order valence-electron chi connectivity index (χ2n) is 9.42. The molecule has 3 aromatic carbocycles. The average Bonchev–Trinajstić information content (AvgIpc) is 3.15. The summed E-state index contributed by atoms with van der Waals surface area (Å²) in [6.45, 7) is 1.87. The molecule has 1 aliphatic heterocycles. The summed E-state index contributed by atoms with van der Waals surface area (Å²) >= 11 is 6.11. The van der Waals surface area contributed by atoms with Gasteiger partial charge in [0, 0.05) is 36.5 Å². The Morgan fingerprint density at radius 2 is 1.78 bits per heavy atom. The third kappa shape index (κ3) is 6.63. The maximum atomic E-state index is 13.4. The summed E-state index contributed by atoms with van der Waals surface area (Å²) < 4.78 is 44.9. The number of benzene rings is 3. The van der Waals surface area contributed by atoms with Crippen LogP contribution in [0.5, 0.6) is 5.75 Å². The number of hydrogen-bond donors (Lipinski definition) is 1. The molecule has 0 saturated carbocycles. The molecular weight excluding hydrogens is 507 g/mol. The zero-order chi connectivity index (χ0) is 26.8. The Labute approximate surface area is 217 Å². The number of carbonyl (C=O) groups is 2. The van der Waals surface area contributed by atoms with E-state index in [1.54, 1.807) is 24.3 Å². The van der Waals surface area contributed by atoms with Gasteiger partial charge in [-0.05, 0) is 66.1 Å². The molecule has 0 spiro atoms. The summed E-state index contributed by atoms with van der Waals surface area (Å²) in [5, 5.41) is 9.78. The van der Waals surface area contributed by atoms with E-state index in [1.165, 1.54) is 17.0 Å². The molecule has 0 aromatic heterocycles. The highest BCUT2D eigenvalue weighted by atomic mass is 35.5. The lowest BCUT2D eigenvalue weighted by atomic mass is 9.91. The monoisotopic (exact) mass is 531 g/mol. The summed E-state index contributed by atoms with van der Waals surface area (Å²) in [5.41, 5.74) is 1.37. The van der Waals surface area contributed by atoms with Crippen LogP contribution in [0.4, 0.5) is 13.2 Å². The Bertz CT molecular complexity index is 1310. The number of nitrogens with zero attached hydrogens (tertiary/aromatic N) is 1. The van der Waals surface area contributed by atoms with Crippen LogP contribution in [0, 0.1) is 0 Å². The van der Waals surface area contributed by atoms with Crippen molar-refractivity contribution in [3.8, 4) is 5.75 Å². The molecule has 1 amide bonds. The smallest absolute Gasteiger partial charge is 0.416 e. The number of rotatable bonds is 8. The normalized spacial score (nSPS) is 16.7. The minimum Gasteiger partial charge on any atom is -0.487 e. The molecule has 0 fully saturated rings. The van der Waals surface area contributed by atoms with E-state index in [9.17, 15) is 22.8 Å². The molecule has 1 aliphatic rings. The van der Waals surface area contributed by atoms with Crippen LogP contribution in [-0.2, 0) is 30.4 Å². The van der Waals surface area contributed by atoms with Crippen molar-refractivity contribution in [1.82, 2.24) is 4.90 Å². The molecule has 0 saturated heterocycles. The van der Waals surface area contributed by atoms with Crippen LogP contribution >= 0.6 is 11.6 Å². The van der Waals surface area contributed by atoms with Crippen LogP contribution < -0.4 is 4.74 Å². The second-order valence-corrected chi connectivity index (χ2v) is 9.86. The molecule has 37 heavy (non-hydrogen) atoms. The van der Waals surface area contributed by atoms with Crippen LogP contribution in [0.3, 0.4) is 0 Å². The van der Waals surface area contributed by atoms with Crippen LogP contribution in [0.25, 0.3) is 0 Å². The number of carboxylic acids is 1. The number of aliphatic carboxylic acids is 1. The lowest BCUT2D eigenvalue weighted by molar-refractivity contribution is -0.138. The average molecular weight is 532 g/mol. The molecule has 0 bridgehead atoms. The first-order chi connectivity index (χ1) is 17.4. The van der Waals surface area contributed by atoms with E-state index in [0.717, 1.165) is 23.3 Å². The number of ether oxygens (including phenoxy) is 1. The Morgan fingerprint density at radius 3 is 2.43 bits per heavy atom. The number of amides is 1. The highest BCUT2D eigenvalue weighted by Crippen LogP contribution is 2.38. The third-order valence-corrected chi connectivity index (χ3v) is 6.47. The van der Waals surface area contributed by atoms with E-state index >= 15 is 0 Å². The van der Waals surface area contributed by atoms with Gasteiger partial charge in [-0.15, -0.1) is 0 Å². The van der Waals surface area contributed by atoms with Crippen LogP contribution in [0.2, 0.25) is 5.02 Å². The molecule has 194 valence electrons. The molecule has 3 aromatic rings. The largest absolute Gasteiger partial charge is 0.487 e. The fourth-order valence-corrected chi connectivity index (χ4v) is 4.73. The summed E-state index contributed by atoms with van der Waals surface area (Å²) in [5.74, 6) is -0.822. The molecule has 0 aliphatic carbocycles. The van der Waals surface area contributed by atoms with E-state index in [2.05, 4.69) is 0 Å². The Morgan fingerprint density at radius 1 is 1.05 bits per heavy atom. The number of carboxylic acid groups (broad SMARTS) is 1. The zero-order valence-corrected chi connectivity index (χ0v) is 20.8. The van der Waals surface area contributed by atoms with E-state index in [4.69, 9.17) is 21.4 Å². The van der Waals surface area contributed by atoms with Gasteiger partial charge in [-0.25, -0.2) is 0 Å². The van der Waals surface area contributed by atoms with Crippen molar-refractivity contribution in [2.75, 3.05) is 6.54 Å². The number of alkyl halides is 3. The van der Waals surface area contributed by atoms with Crippen molar-refractivity contribution >= 4 is 23.5 Å². The first kappa shape index (κ1) is 26.5. The SMILES string of the molecule is CC1(Cc2cccc(Cl)c2)Cc2cc(C(=O)N(CCC(=O)O)Cc3ccc(C(F)(F)F)cc3)ccc2O1. The predicted molar refractivity (Wildman–Crippen MR) is 133 cm³/mol. The molecule has 5 nitrogen and oxygen atoms in total. The highest BCUT2D eigenvalue weighted by Gasteiger charge is 2.36. The fraction of sp³-hybridized carbons (Fsp3) is 0.286. The summed E-state index contributed by atoms with van der Waals surface area (Å²) in [6.07, 6.45) is -3.59. The zero-order valence-electron chi connectivity index (χ0n) is 20.0. The van der Waals surface area contributed by atoms with Crippen LogP contribution in [-0.4, -0.2) is 34.0 Å². The minimum absolute atomic E-state index is 0.0235. The Balaban J connectivity index is 1.52. The number of carbonyl (C=O) groups excluding carboxylic acids is 1. The maximum Gasteiger partial charge on any atom is 0.416 e. The predicted octanol–water partition coefficient (Wildman–Crippen LogP) is 6.41. The molecule has 1 heterocycles. The Kier molecular flexibility index (Phi) is 7.50. The third-order valence-electron chi connectivity index (χ3n) is 6.23. The first-order valence-corrected chi connectivity index (χ1v) is 12.0. The van der Waals surface area contributed by atoms with Gasteiger partial charge in [0.2, 0.25) is 0 Å². The van der Waals surface area contributed by atoms with Crippen molar-refractivity contribution in [3.63, 3.8) is 0 Å². The lowest BCUT2D eigenvalue weighted by Gasteiger charge is -2.24. The maximum absolute atomic E-state index is 13.4. The quantitative estimate of drug-likeness (QED) is 0.364. The summed E-state index contributed by atoms with van der Waals surface area (Å²) in [6, 6.07) is 17.1. The van der Waals surface area contributed by atoms with Gasteiger partial charge in [-0.1, -0.05) is 35.9 Å². The van der Waals surface area contributed by atoms with Crippen LogP contribution in [0.1, 0.15) is 46.0 Å². The Hall–Kier alpha value is -3.52. The molecule has 1 unspecified atom stereocenters. The highest BCUT2D eigenvalue weighted by molar-refractivity contribution is 6.30. The van der Waals surface area contributed by atoms with Crippen molar-refractivity contribution in [3.05, 3.63) is 99.6 Å². The number of hydrogen-bond acceptors (Lipinski definition) is 3. The molecule has 4 rings (SSSR count). The molecule has 0 radical (unpaired) electrons. The lowest BCUT2D eigenvalue weighted by Crippen LogP contribution is -2.33. The first-order valence-electron chi connectivity index (χ1n) is 11.7. The summed E-state index contributed by atoms with van der Waals surface area (Å²) in [4.78, 5) is 25.9. The van der Waals surface area contributed by atoms with Crippen molar-refractivity contribution < 1.29 is 32.6 Å². The topological polar surface area (TPSA) is 66.8 Å². The van der Waals surface area contributed by atoms with Gasteiger partial charge in [0.15, 0.2) is 0 Å². The van der Waals surface area contributed by atoms with Gasteiger partial charge in [0.25, 0.3) is 5.91 Å². The van der Waals surface area contributed by atoms with Gasteiger partial charge in [0.05, 0.1) is 12.0 Å². The standard InChI is InChI=1S/C28H25ClF3NO4/c1-27(15-19-3-2-4-23(29)13-19)16-21-14-20(7-10-24(21)37-27)26(36)33(12-11-25(34)35)17-18-5-8-22(9-6-18)28(30,31)32/h2-10,13-14H,11-12,15-17H2,1H3,(H,34,35). The molecular formula is C28H25ClF3NO4. The van der Waals surface area contributed by atoms with Gasteiger partial charge < -0.3 is 14.7 Å². The van der Waals surface area contributed by atoms with Gasteiger partial charge in [0.1, 0.15) is 11.4 Å². The molecule has 1 N–H and O–H groups in total. The van der Waals surface area contributed by atoms with Gasteiger partial charge >= 0.3 is 12.1 Å². The van der Waals surface area contributed by atoms with E-state index in [-0.39, 0.29) is 19.5 Å². The van der Waals surface area contributed by atoms with Crippen LogP contribution in [0.15, 0.2) is 66.7 Å². The van der Waals surface area contributed by atoms with E-state index < -0.39 is 29.2 Å². The fourth-order valence-electron chi connectivity index (χ4n) is 4.52. The number of fused-ring (bicyclic) bond motifs is 1. The number of halogens is 4. The van der Waals surface area contributed by atoms with E-state index in [1.807, 2.05) is 25.1 Å². The van der Waals surface area contributed by atoms with Crippen molar-refractivity contribution in [2.45, 2.75) is 44.5 Å². The van der Waals surface area contributed by atoms with E-state index in [0.29, 0.717) is 34.7 Å². The van der Waals surface area contributed by atoms with Crippen molar-refractivity contribution in [2.24, 2.45) is 0 Å². The van der Waals surface area contributed by atoms with Crippen molar-refractivity contribution in [1.29, 1.82) is 0 Å². The molecule has 1 atom stereocenters.